The summed E-state index contributed by atoms with van der Waals surface area (Å²) < 4.78 is 36.3. The summed E-state index contributed by atoms with van der Waals surface area (Å²) in [7, 11) is -4.13. The lowest BCUT2D eigenvalue weighted by Gasteiger charge is -2.17. The van der Waals surface area contributed by atoms with E-state index in [1.807, 2.05) is 0 Å². The van der Waals surface area contributed by atoms with Crippen molar-refractivity contribution in [3.8, 4) is 0 Å². The summed E-state index contributed by atoms with van der Waals surface area (Å²) in [4.78, 5) is 13.3. The van der Waals surface area contributed by atoms with Gasteiger partial charge in [-0.15, -0.1) is 12.4 Å². The van der Waals surface area contributed by atoms with E-state index in [2.05, 4.69) is 15.9 Å². The minimum Gasteiger partial charge on any atom is -0.337 e. The maximum Gasteiger partial charge on any atom is 0.255 e. The Morgan fingerprint density at radius 3 is 2.52 bits per heavy atom. The van der Waals surface area contributed by atoms with Crippen molar-refractivity contribution in [1.29, 1.82) is 0 Å². The van der Waals surface area contributed by atoms with Gasteiger partial charge in [0.25, 0.3) is 5.91 Å². The highest BCUT2D eigenvalue weighted by Crippen LogP contribution is 2.28. The lowest BCUT2D eigenvalue weighted by molar-refractivity contribution is 0.0789. The number of nitrogens with two attached hydrogens (primary N) is 2. The number of likely N-dealkylation sites (tertiary alicyclic amines) is 1. The van der Waals surface area contributed by atoms with Crippen LogP contribution in [0.2, 0.25) is 0 Å². The van der Waals surface area contributed by atoms with E-state index < -0.39 is 26.6 Å². The van der Waals surface area contributed by atoms with Crippen molar-refractivity contribution in [2.24, 2.45) is 10.9 Å². The van der Waals surface area contributed by atoms with Gasteiger partial charge < -0.3 is 10.6 Å². The van der Waals surface area contributed by atoms with Crippen molar-refractivity contribution in [1.82, 2.24) is 4.90 Å². The van der Waals surface area contributed by atoms with Crippen molar-refractivity contribution in [3.63, 3.8) is 0 Å². The first-order valence-electron chi connectivity index (χ1n) is 5.77. The van der Waals surface area contributed by atoms with Gasteiger partial charge in [0, 0.05) is 19.1 Å². The molecule has 10 heteroatoms. The standard InChI is InChI=1S/C11H13BrFN3O3S.ClH/c12-10-8(11(17)16-2-1-7(14)5-16)3-6(13)4-9(10)20(15,18)19;/h3-4,7H,1-2,5,14H2,(H2,15,18,19);1H/t7-;/m1./s1. The van der Waals surface area contributed by atoms with Gasteiger partial charge in [-0.25, -0.2) is 17.9 Å². The monoisotopic (exact) mass is 401 g/mol. The van der Waals surface area contributed by atoms with Crippen molar-refractivity contribution >= 4 is 44.3 Å². The third-order valence-electron chi connectivity index (χ3n) is 3.05. The number of nitrogens with zero attached hydrogens (tertiary/aromatic N) is 1. The SMILES string of the molecule is Cl.N[C@@H]1CCN(C(=O)c2cc(F)cc(S(N)(=O)=O)c2Br)C1. The number of hydrogen-bond donors (Lipinski definition) is 2. The van der Waals surface area contributed by atoms with E-state index in [0.29, 0.717) is 19.5 Å². The zero-order chi connectivity index (χ0) is 15.1. The number of amides is 1. The number of carbonyl (C=O) groups is 1. The molecule has 6 nitrogen and oxygen atoms in total. The van der Waals surface area contributed by atoms with Crippen LogP contribution in [0.4, 0.5) is 4.39 Å². The first-order chi connectivity index (χ1) is 9.20. The van der Waals surface area contributed by atoms with E-state index in [9.17, 15) is 17.6 Å². The summed E-state index contributed by atoms with van der Waals surface area (Å²) in [6.07, 6.45) is 0.653. The van der Waals surface area contributed by atoms with Crippen LogP contribution >= 0.6 is 28.3 Å². The van der Waals surface area contributed by atoms with Gasteiger partial charge in [0.15, 0.2) is 0 Å². The van der Waals surface area contributed by atoms with Gasteiger partial charge in [0.05, 0.1) is 14.9 Å². The van der Waals surface area contributed by atoms with Gasteiger partial charge >= 0.3 is 0 Å². The average molecular weight is 403 g/mol. The highest BCUT2D eigenvalue weighted by atomic mass is 79.9. The minimum atomic E-state index is -4.13. The molecule has 1 heterocycles. The quantitative estimate of drug-likeness (QED) is 0.764. The number of benzene rings is 1. The smallest absolute Gasteiger partial charge is 0.255 e. The fourth-order valence-electron chi connectivity index (χ4n) is 2.07. The number of halogens is 3. The predicted octanol–water partition coefficient (Wildman–Crippen LogP) is 0.831. The zero-order valence-corrected chi connectivity index (χ0v) is 14.0. The van der Waals surface area contributed by atoms with Crippen LogP contribution in [0, 0.1) is 5.82 Å². The maximum absolute atomic E-state index is 13.5. The first-order valence-corrected chi connectivity index (χ1v) is 8.11. The molecule has 0 unspecified atom stereocenters. The maximum atomic E-state index is 13.5. The molecule has 1 fully saturated rings. The number of sulfonamides is 1. The summed E-state index contributed by atoms with van der Waals surface area (Å²) in [5, 5.41) is 5.00. The molecule has 21 heavy (non-hydrogen) atoms. The second-order valence-corrected chi connectivity index (χ2v) is 6.93. The number of rotatable bonds is 2. The largest absolute Gasteiger partial charge is 0.337 e. The fraction of sp³-hybridized carbons (Fsp3) is 0.364. The van der Waals surface area contributed by atoms with Gasteiger partial charge in [-0.2, -0.15) is 0 Å². The van der Waals surface area contributed by atoms with Gasteiger partial charge in [0.2, 0.25) is 10.0 Å². The molecule has 1 saturated heterocycles. The third-order valence-corrected chi connectivity index (χ3v) is 5.10. The molecule has 0 saturated carbocycles. The summed E-state index contributed by atoms with van der Waals surface area (Å²) in [6, 6.07) is 1.63. The molecule has 1 aliphatic heterocycles. The van der Waals surface area contributed by atoms with Gasteiger partial charge in [0.1, 0.15) is 5.82 Å². The molecule has 118 valence electrons. The lowest BCUT2D eigenvalue weighted by Crippen LogP contribution is -2.32. The molecule has 0 spiro atoms. The average Bonchev–Trinajstić information content (AvgIpc) is 2.76. The van der Waals surface area contributed by atoms with Crippen LogP contribution < -0.4 is 10.9 Å². The van der Waals surface area contributed by atoms with Crippen LogP contribution in [0.5, 0.6) is 0 Å². The van der Waals surface area contributed by atoms with E-state index in [1.54, 1.807) is 0 Å². The van der Waals surface area contributed by atoms with E-state index in [1.165, 1.54) is 4.90 Å². The topological polar surface area (TPSA) is 106 Å². The minimum absolute atomic E-state index is 0. The second-order valence-electron chi connectivity index (χ2n) is 4.61. The molecule has 0 radical (unpaired) electrons. The van der Waals surface area contributed by atoms with Crippen molar-refractivity contribution in [3.05, 3.63) is 28.0 Å². The summed E-state index contributed by atoms with van der Waals surface area (Å²) in [6.45, 7) is 0.806. The van der Waals surface area contributed by atoms with Crippen LogP contribution in [-0.2, 0) is 10.0 Å². The molecule has 2 rings (SSSR count). The third kappa shape index (κ3) is 3.92. The van der Waals surface area contributed by atoms with E-state index in [0.717, 1.165) is 12.1 Å². The van der Waals surface area contributed by atoms with Crippen LogP contribution in [0.25, 0.3) is 0 Å². The molecule has 1 atom stereocenters. The van der Waals surface area contributed by atoms with Gasteiger partial charge in [-0.1, -0.05) is 0 Å². The van der Waals surface area contributed by atoms with Crippen molar-refractivity contribution in [2.45, 2.75) is 17.4 Å². The molecule has 0 aliphatic carbocycles. The molecule has 0 bridgehead atoms. The lowest BCUT2D eigenvalue weighted by atomic mass is 10.2. The molecular formula is C11H14BrClFN3O3S. The first kappa shape index (κ1) is 18.3. The number of hydrogen-bond acceptors (Lipinski definition) is 4. The molecule has 0 aromatic heterocycles. The van der Waals surface area contributed by atoms with Gasteiger partial charge in [-0.3, -0.25) is 4.79 Å². The normalized spacial score (nSPS) is 18.5. The van der Waals surface area contributed by atoms with Crippen LogP contribution in [0.15, 0.2) is 21.5 Å². The Labute approximate surface area is 136 Å². The molecule has 1 amide bonds. The van der Waals surface area contributed by atoms with Crippen molar-refractivity contribution < 1.29 is 17.6 Å². The Morgan fingerprint density at radius 2 is 2.05 bits per heavy atom. The summed E-state index contributed by atoms with van der Waals surface area (Å²) in [5.74, 6) is -1.32. The Morgan fingerprint density at radius 1 is 1.43 bits per heavy atom. The van der Waals surface area contributed by atoms with Crippen LogP contribution in [0.1, 0.15) is 16.8 Å². The van der Waals surface area contributed by atoms with Crippen LogP contribution in [0.3, 0.4) is 0 Å². The highest BCUT2D eigenvalue weighted by molar-refractivity contribution is 9.10. The molecule has 1 aromatic rings. The van der Waals surface area contributed by atoms with Gasteiger partial charge in [-0.05, 0) is 34.5 Å². The van der Waals surface area contributed by atoms with Crippen LogP contribution in [-0.4, -0.2) is 38.4 Å². The fourth-order valence-corrected chi connectivity index (χ4v) is 3.78. The Kier molecular flexibility index (Phi) is 5.73. The van der Waals surface area contributed by atoms with Crippen molar-refractivity contribution in [2.75, 3.05) is 13.1 Å². The molecule has 1 aromatic carbocycles. The Bertz CT molecular complexity index is 671. The molecule has 1 aliphatic rings. The zero-order valence-electron chi connectivity index (χ0n) is 10.8. The number of primary sulfonamides is 1. The van der Waals surface area contributed by atoms with E-state index in [4.69, 9.17) is 10.9 Å². The summed E-state index contributed by atoms with van der Waals surface area (Å²) >= 11 is 3.01. The van der Waals surface area contributed by atoms with E-state index >= 15 is 0 Å². The summed E-state index contributed by atoms with van der Waals surface area (Å²) in [5.41, 5.74) is 5.63. The van der Waals surface area contributed by atoms with E-state index in [-0.39, 0.29) is 28.5 Å². The molecular weight excluding hydrogens is 389 g/mol. The predicted molar refractivity (Wildman–Crippen MR) is 81.2 cm³/mol. The Balaban J connectivity index is 0.00000220. The Hall–Kier alpha value is -0.740. The number of carbonyl (C=O) groups excluding carboxylic acids is 1. The highest BCUT2D eigenvalue weighted by Gasteiger charge is 2.28. The second kappa shape index (κ2) is 6.57. The molecule has 4 N–H and O–H groups in total.